The van der Waals surface area contributed by atoms with Crippen molar-refractivity contribution in [2.24, 2.45) is 11.8 Å². The molecule has 1 atom stereocenters. The summed E-state index contributed by atoms with van der Waals surface area (Å²) in [5.74, 6) is -0.283. The van der Waals surface area contributed by atoms with Crippen LogP contribution in [0.1, 0.15) is 31.7 Å². The Kier molecular flexibility index (Phi) is 3.65. The van der Waals surface area contributed by atoms with E-state index in [4.69, 9.17) is 0 Å². The number of anilines is 1. The Morgan fingerprint density at radius 1 is 1.33 bits per heavy atom. The van der Waals surface area contributed by atoms with Gasteiger partial charge in [-0.25, -0.2) is 4.72 Å². The maximum atomic E-state index is 12.5. The maximum absolute atomic E-state index is 12.5. The first-order valence-corrected chi connectivity index (χ1v) is 8.85. The van der Waals surface area contributed by atoms with E-state index in [-0.39, 0.29) is 11.8 Å². The Balaban J connectivity index is 1.81. The molecule has 0 bridgehead atoms. The highest BCUT2D eigenvalue weighted by Crippen LogP contribution is 2.37. The molecule has 5 nitrogen and oxygen atoms in total. The molecule has 2 aliphatic rings. The average molecular weight is 308 g/mol. The lowest BCUT2D eigenvalue weighted by molar-refractivity contribution is -0.123. The van der Waals surface area contributed by atoms with E-state index in [0.717, 1.165) is 31.2 Å². The van der Waals surface area contributed by atoms with Crippen LogP contribution >= 0.6 is 0 Å². The van der Waals surface area contributed by atoms with Crippen molar-refractivity contribution in [1.29, 1.82) is 0 Å². The number of carbonyl (C=O) groups is 1. The maximum Gasteiger partial charge on any atom is 0.326 e. The largest absolute Gasteiger partial charge is 0.326 e. The summed E-state index contributed by atoms with van der Waals surface area (Å²) in [5, 5.41) is 0. The van der Waals surface area contributed by atoms with Gasteiger partial charge < -0.3 is 0 Å². The van der Waals surface area contributed by atoms with Gasteiger partial charge >= 0.3 is 10.2 Å². The van der Waals surface area contributed by atoms with Crippen molar-refractivity contribution >= 4 is 21.8 Å². The molecule has 1 fully saturated rings. The highest BCUT2D eigenvalue weighted by Gasteiger charge is 2.36. The van der Waals surface area contributed by atoms with Crippen molar-refractivity contribution in [1.82, 2.24) is 4.72 Å². The number of hydrogen-bond donors (Lipinski definition) is 1. The molecule has 1 aliphatic carbocycles. The number of aryl methyl sites for hydroxylation is 1. The van der Waals surface area contributed by atoms with Crippen LogP contribution in [0.3, 0.4) is 0 Å². The average Bonchev–Trinajstić information content (AvgIpc) is 3.30. The first-order valence-electron chi connectivity index (χ1n) is 7.41. The predicted molar refractivity (Wildman–Crippen MR) is 81.1 cm³/mol. The van der Waals surface area contributed by atoms with Crippen molar-refractivity contribution < 1.29 is 13.2 Å². The predicted octanol–water partition coefficient (Wildman–Crippen LogP) is 1.85. The van der Waals surface area contributed by atoms with Crippen LogP contribution in [0.25, 0.3) is 0 Å². The summed E-state index contributed by atoms with van der Waals surface area (Å²) in [4.78, 5) is 12.1. The second-order valence-corrected chi connectivity index (χ2v) is 7.50. The zero-order chi connectivity index (χ0) is 15.0. The van der Waals surface area contributed by atoms with Gasteiger partial charge in [-0.15, -0.1) is 0 Å². The number of amides is 1. The summed E-state index contributed by atoms with van der Waals surface area (Å²) >= 11 is 0. The SMILES string of the molecule is CC(C(=O)NS(=O)(=O)N1CCCc2ccccc21)C1CC1. The number of rotatable bonds is 4. The molecule has 1 aliphatic heterocycles. The van der Waals surface area contributed by atoms with Crippen LogP contribution in [0.2, 0.25) is 0 Å². The van der Waals surface area contributed by atoms with Gasteiger partial charge in [-0.3, -0.25) is 9.10 Å². The van der Waals surface area contributed by atoms with Gasteiger partial charge in [-0.2, -0.15) is 8.42 Å². The normalized spacial score (nSPS) is 19.8. The molecule has 0 saturated heterocycles. The van der Waals surface area contributed by atoms with Crippen LogP contribution in [0.15, 0.2) is 24.3 Å². The summed E-state index contributed by atoms with van der Waals surface area (Å²) in [6.07, 6.45) is 3.67. The van der Waals surface area contributed by atoms with Crippen LogP contribution in [-0.2, 0) is 21.4 Å². The number of benzene rings is 1. The van der Waals surface area contributed by atoms with E-state index >= 15 is 0 Å². The van der Waals surface area contributed by atoms with Gasteiger partial charge in [0.05, 0.1) is 5.69 Å². The lowest BCUT2D eigenvalue weighted by Crippen LogP contribution is -2.47. The molecule has 0 radical (unpaired) electrons. The molecule has 6 heteroatoms. The van der Waals surface area contributed by atoms with Gasteiger partial charge in [0.25, 0.3) is 0 Å². The molecule has 1 amide bonds. The van der Waals surface area contributed by atoms with E-state index in [2.05, 4.69) is 4.72 Å². The smallest absolute Gasteiger partial charge is 0.274 e. The van der Waals surface area contributed by atoms with E-state index in [1.807, 2.05) is 18.2 Å². The molecule has 1 heterocycles. The van der Waals surface area contributed by atoms with E-state index in [0.29, 0.717) is 18.2 Å². The Morgan fingerprint density at radius 2 is 2.05 bits per heavy atom. The molecule has 1 aromatic rings. The van der Waals surface area contributed by atoms with Gasteiger partial charge in [0.1, 0.15) is 0 Å². The number of carbonyl (C=O) groups excluding carboxylic acids is 1. The minimum absolute atomic E-state index is 0.236. The third-order valence-electron chi connectivity index (χ3n) is 4.33. The fourth-order valence-electron chi connectivity index (χ4n) is 2.83. The fraction of sp³-hybridized carbons (Fsp3) is 0.533. The van der Waals surface area contributed by atoms with Crippen molar-refractivity contribution in [2.75, 3.05) is 10.8 Å². The van der Waals surface area contributed by atoms with Crippen LogP contribution < -0.4 is 9.03 Å². The molecule has 1 unspecified atom stereocenters. The van der Waals surface area contributed by atoms with E-state index in [1.54, 1.807) is 13.0 Å². The zero-order valence-corrected chi connectivity index (χ0v) is 12.9. The Bertz CT molecular complexity index is 653. The summed E-state index contributed by atoms with van der Waals surface area (Å²) in [7, 11) is -3.81. The number of hydrogen-bond acceptors (Lipinski definition) is 3. The summed E-state index contributed by atoms with van der Waals surface area (Å²) in [5.41, 5.74) is 1.69. The summed E-state index contributed by atoms with van der Waals surface area (Å²) in [6.45, 7) is 2.21. The first kappa shape index (κ1) is 14.4. The van der Waals surface area contributed by atoms with Gasteiger partial charge in [-0.05, 0) is 43.2 Å². The highest BCUT2D eigenvalue weighted by atomic mass is 32.2. The quantitative estimate of drug-likeness (QED) is 0.923. The van der Waals surface area contributed by atoms with Crippen LogP contribution in [0.5, 0.6) is 0 Å². The van der Waals surface area contributed by atoms with Gasteiger partial charge in [0, 0.05) is 12.5 Å². The Morgan fingerprint density at radius 3 is 2.76 bits per heavy atom. The van der Waals surface area contributed by atoms with Crippen molar-refractivity contribution in [3.63, 3.8) is 0 Å². The molecule has 1 aromatic carbocycles. The molecule has 1 saturated carbocycles. The Hall–Kier alpha value is -1.56. The molecule has 0 spiro atoms. The van der Waals surface area contributed by atoms with Crippen molar-refractivity contribution in [3.8, 4) is 0 Å². The Labute approximate surface area is 125 Å². The standard InChI is InChI=1S/C15H20N2O3S/c1-11(12-8-9-12)15(18)16-21(19,20)17-10-4-6-13-5-2-3-7-14(13)17/h2-3,5,7,11-12H,4,6,8-10H2,1H3,(H,16,18). The number of fused-ring (bicyclic) bond motifs is 1. The van der Waals surface area contributed by atoms with Crippen LogP contribution in [-0.4, -0.2) is 20.9 Å². The third-order valence-corrected chi connectivity index (χ3v) is 5.75. The molecule has 1 N–H and O–H groups in total. The van der Waals surface area contributed by atoms with Crippen LogP contribution in [0, 0.1) is 11.8 Å². The van der Waals surface area contributed by atoms with Crippen molar-refractivity contribution in [3.05, 3.63) is 29.8 Å². The number of para-hydroxylation sites is 1. The number of nitrogens with zero attached hydrogens (tertiary/aromatic N) is 1. The van der Waals surface area contributed by atoms with Gasteiger partial charge in [-0.1, -0.05) is 25.1 Å². The monoisotopic (exact) mass is 308 g/mol. The molecule has 0 aromatic heterocycles. The highest BCUT2D eigenvalue weighted by molar-refractivity contribution is 7.91. The van der Waals surface area contributed by atoms with E-state index < -0.39 is 10.2 Å². The summed E-state index contributed by atoms with van der Waals surface area (Å²) in [6, 6.07) is 7.46. The van der Waals surface area contributed by atoms with Crippen LogP contribution in [0.4, 0.5) is 5.69 Å². The second-order valence-electron chi connectivity index (χ2n) is 5.90. The molecular formula is C15H20N2O3S. The lowest BCUT2D eigenvalue weighted by atomic mass is 10.0. The molecule has 21 heavy (non-hydrogen) atoms. The molecule has 114 valence electrons. The minimum atomic E-state index is -3.81. The van der Waals surface area contributed by atoms with Crippen molar-refractivity contribution in [2.45, 2.75) is 32.6 Å². The minimum Gasteiger partial charge on any atom is -0.274 e. The molecule has 3 rings (SSSR count). The van der Waals surface area contributed by atoms with Gasteiger partial charge in [0.2, 0.25) is 5.91 Å². The lowest BCUT2D eigenvalue weighted by Gasteiger charge is -2.30. The first-order chi connectivity index (χ1) is 9.99. The van der Waals surface area contributed by atoms with E-state index in [9.17, 15) is 13.2 Å². The number of nitrogens with one attached hydrogen (secondary N) is 1. The summed E-state index contributed by atoms with van der Waals surface area (Å²) < 4.78 is 28.6. The second kappa shape index (κ2) is 5.33. The third kappa shape index (κ3) is 2.90. The fourth-order valence-corrected chi connectivity index (χ4v) is 4.19. The zero-order valence-electron chi connectivity index (χ0n) is 12.1. The van der Waals surface area contributed by atoms with E-state index in [1.165, 1.54) is 4.31 Å². The molecular weight excluding hydrogens is 288 g/mol. The topological polar surface area (TPSA) is 66.5 Å². The van der Waals surface area contributed by atoms with Gasteiger partial charge in [0.15, 0.2) is 0 Å².